The average Bonchev–Trinajstić information content (AvgIpc) is 3.22. The van der Waals surface area contributed by atoms with E-state index in [9.17, 15) is 18.0 Å². The van der Waals surface area contributed by atoms with Crippen LogP contribution in [0.15, 0.2) is 78.9 Å². The Labute approximate surface area is 205 Å². The van der Waals surface area contributed by atoms with Crippen LogP contribution in [0.1, 0.15) is 37.6 Å². The van der Waals surface area contributed by atoms with Crippen LogP contribution in [0, 0.1) is 13.8 Å². The molecule has 0 unspecified atom stereocenters. The van der Waals surface area contributed by atoms with E-state index in [-0.39, 0.29) is 5.78 Å². The number of carbonyl (C=O) groups excluding carboxylic acids is 1. The van der Waals surface area contributed by atoms with E-state index in [2.05, 4.69) is 4.98 Å². The summed E-state index contributed by atoms with van der Waals surface area (Å²) >= 11 is 1.32. The van der Waals surface area contributed by atoms with Crippen LogP contribution in [0.5, 0.6) is 5.75 Å². The molecule has 3 nitrogen and oxygen atoms in total. The molecule has 0 fully saturated rings. The topological polar surface area (TPSA) is 39.2 Å². The normalized spacial score (nSPS) is 11.7. The van der Waals surface area contributed by atoms with Gasteiger partial charge < -0.3 is 4.74 Å². The summed E-state index contributed by atoms with van der Waals surface area (Å²) in [5.41, 5.74) is 3.06. The Bertz CT molecular complexity index is 1360. The van der Waals surface area contributed by atoms with Crippen LogP contribution in [-0.2, 0) is 12.8 Å². The van der Waals surface area contributed by atoms with Crippen molar-refractivity contribution in [3.63, 3.8) is 0 Å². The lowest BCUT2D eigenvalue weighted by Crippen LogP contribution is -2.03. The second-order valence-electron chi connectivity index (χ2n) is 8.00. The lowest BCUT2D eigenvalue weighted by atomic mass is 10.1. The molecule has 0 saturated carbocycles. The third-order valence-electron chi connectivity index (χ3n) is 5.37. The van der Waals surface area contributed by atoms with Gasteiger partial charge in [0.1, 0.15) is 17.4 Å². The van der Waals surface area contributed by atoms with E-state index in [0.717, 1.165) is 28.1 Å². The Hall–Kier alpha value is -3.71. The fourth-order valence-electron chi connectivity index (χ4n) is 3.44. The number of rotatable bonds is 7. The molecule has 0 N–H and O–H groups in total. The first-order valence-electron chi connectivity index (χ1n) is 10.9. The molecule has 0 spiro atoms. The van der Waals surface area contributed by atoms with Gasteiger partial charge >= 0.3 is 6.18 Å². The summed E-state index contributed by atoms with van der Waals surface area (Å²) < 4.78 is 44.3. The first-order chi connectivity index (χ1) is 16.7. The van der Waals surface area contributed by atoms with E-state index in [4.69, 9.17) is 4.74 Å². The number of halogens is 3. The Morgan fingerprint density at radius 1 is 1.00 bits per heavy atom. The molecular weight excluding hydrogens is 471 g/mol. The maximum absolute atomic E-state index is 12.8. The predicted octanol–water partition coefficient (Wildman–Crippen LogP) is 7.92. The molecule has 7 heteroatoms. The molecule has 0 radical (unpaired) electrons. The van der Waals surface area contributed by atoms with Crippen LogP contribution in [-0.4, -0.2) is 10.8 Å². The summed E-state index contributed by atoms with van der Waals surface area (Å²) in [6, 6.07) is 20.0. The molecule has 178 valence electrons. The van der Waals surface area contributed by atoms with E-state index in [1.54, 1.807) is 31.2 Å². The summed E-state index contributed by atoms with van der Waals surface area (Å²) in [7, 11) is 0. The molecule has 0 amide bonds. The molecular formula is C28H22F3NO2S. The zero-order chi connectivity index (χ0) is 25.0. The molecule has 0 bridgehead atoms. The number of aromatic nitrogens is 1. The Morgan fingerprint density at radius 3 is 2.37 bits per heavy atom. The lowest BCUT2D eigenvalue weighted by molar-refractivity contribution is -0.137. The second-order valence-corrected chi connectivity index (χ2v) is 9.03. The molecule has 1 heterocycles. The average molecular weight is 494 g/mol. The number of carbonyl (C=O) groups is 1. The highest BCUT2D eigenvalue weighted by molar-refractivity contribution is 7.16. The largest absolute Gasteiger partial charge is 0.489 e. The van der Waals surface area contributed by atoms with Crippen molar-refractivity contribution in [1.29, 1.82) is 0 Å². The van der Waals surface area contributed by atoms with Crippen LogP contribution in [0.2, 0.25) is 0 Å². The van der Waals surface area contributed by atoms with Gasteiger partial charge in [0.15, 0.2) is 5.78 Å². The van der Waals surface area contributed by atoms with Crippen molar-refractivity contribution >= 4 is 23.2 Å². The zero-order valence-electron chi connectivity index (χ0n) is 19.1. The number of benzene rings is 3. The van der Waals surface area contributed by atoms with Crippen molar-refractivity contribution in [3.8, 4) is 16.3 Å². The van der Waals surface area contributed by atoms with Gasteiger partial charge in [0.2, 0.25) is 0 Å². The van der Waals surface area contributed by atoms with Crippen LogP contribution < -0.4 is 4.74 Å². The minimum absolute atomic E-state index is 0.161. The maximum Gasteiger partial charge on any atom is 0.416 e. The molecule has 0 aliphatic rings. The summed E-state index contributed by atoms with van der Waals surface area (Å²) in [6.07, 6.45) is -1.20. The van der Waals surface area contributed by atoms with Crippen molar-refractivity contribution in [1.82, 2.24) is 4.98 Å². The molecule has 0 aliphatic heterocycles. The van der Waals surface area contributed by atoms with Gasteiger partial charge in [-0.15, -0.1) is 11.3 Å². The fourth-order valence-corrected chi connectivity index (χ4v) is 4.41. The van der Waals surface area contributed by atoms with Crippen LogP contribution in [0.3, 0.4) is 0 Å². The van der Waals surface area contributed by atoms with Gasteiger partial charge in [-0.1, -0.05) is 42.5 Å². The molecule has 0 atom stereocenters. The number of nitrogens with zero attached hydrogens (tertiary/aromatic N) is 1. The monoisotopic (exact) mass is 493 g/mol. The minimum Gasteiger partial charge on any atom is -0.489 e. The molecule has 35 heavy (non-hydrogen) atoms. The van der Waals surface area contributed by atoms with Crippen LogP contribution in [0.4, 0.5) is 13.2 Å². The van der Waals surface area contributed by atoms with Gasteiger partial charge in [-0.05, 0) is 67.5 Å². The molecule has 4 aromatic rings. The summed E-state index contributed by atoms with van der Waals surface area (Å²) in [4.78, 5) is 18.0. The Kier molecular flexibility index (Phi) is 7.17. The highest BCUT2D eigenvalue weighted by atomic mass is 32.1. The van der Waals surface area contributed by atoms with E-state index >= 15 is 0 Å². The number of ketones is 1. The van der Waals surface area contributed by atoms with E-state index in [1.807, 2.05) is 37.3 Å². The first kappa shape index (κ1) is 24.4. The predicted molar refractivity (Wildman–Crippen MR) is 133 cm³/mol. The van der Waals surface area contributed by atoms with Gasteiger partial charge in [-0.25, -0.2) is 4.98 Å². The fraction of sp³-hybridized carbons (Fsp3) is 0.143. The zero-order valence-corrected chi connectivity index (χ0v) is 19.9. The van der Waals surface area contributed by atoms with Crippen molar-refractivity contribution in [3.05, 3.63) is 112 Å². The van der Waals surface area contributed by atoms with Crippen LogP contribution in [0.25, 0.3) is 16.6 Å². The van der Waals surface area contributed by atoms with E-state index in [0.29, 0.717) is 34.2 Å². The van der Waals surface area contributed by atoms with Gasteiger partial charge in [0.25, 0.3) is 0 Å². The summed E-state index contributed by atoms with van der Waals surface area (Å²) in [5.74, 6) is 0.556. The summed E-state index contributed by atoms with van der Waals surface area (Å²) in [5, 5.41) is 0.596. The quantitative estimate of drug-likeness (QED) is 0.194. The number of ether oxygens (including phenoxy) is 1. The number of thiazole rings is 1. The van der Waals surface area contributed by atoms with Crippen molar-refractivity contribution < 1.29 is 22.7 Å². The number of hydrogen-bond donors (Lipinski definition) is 0. The van der Waals surface area contributed by atoms with E-state index < -0.39 is 11.7 Å². The van der Waals surface area contributed by atoms with Gasteiger partial charge in [-0.2, -0.15) is 13.2 Å². The smallest absolute Gasteiger partial charge is 0.416 e. The van der Waals surface area contributed by atoms with Gasteiger partial charge in [0.05, 0.1) is 16.1 Å². The lowest BCUT2D eigenvalue weighted by Gasteiger charge is -2.10. The van der Waals surface area contributed by atoms with Crippen LogP contribution >= 0.6 is 11.3 Å². The molecule has 0 saturated heterocycles. The Morgan fingerprint density at radius 2 is 1.71 bits per heavy atom. The number of aryl methyl sites for hydroxylation is 2. The SMILES string of the molecule is Cc1cc(C(=O)C=Cc2sc(-c3ccc(C(F)(F)F)cc3)nc2C)ccc1OCc1ccccc1. The van der Waals surface area contributed by atoms with E-state index in [1.165, 1.54) is 29.5 Å². The summed E-state index contributed by atoms with van der Waals surface area (Å²) in [6.45, 7) is 4.14. The minimum atomic E-state index is -4.38. The van der Waals surface area contributed by atoms with Crippen molar-refractivity contribution in [2.24, 2.45) is 0 Å². The standard InChI is InChI=1S/C28H22F3NO2S/c1-18-16-22(10-14-25(18)34-17-20-6-4-3-5-7-20)24(33)13-15-26-19(2)32-27(35-26)21-8-11-23(12-9-21)28(29,30)31/h3-16H,17H2,1-2H3. The maximum atomic E-state index is 12.8. The van der Waals surface area contributed by atoms with Crippen molar-refractivity contribution in [2.45, 2.75) is 26.6 Å². The highest BCUT2D eigenvalue weighted by Gasteiger charge is 2.30. The third-order valence-corrected chi connectivity index (χ3v) is 6.55. The molecule has 3 aromatic carbocycles. The number of alkyl halides is 3. The second kappa shape index (κ2) is 10.3. The third kappa shape index (κ3) is 6.05. The Balaban J connectivity index is 1.44. The van der Waals surface area contributed by atoms with Gasteiger partial charge in [-0.3, -0.25) is 4.79 Å². The molecule has 4 rings (SSSR count). The number of allylic oxidation sites excluding steroid dienone is 1. The number of hydrogen-bond acceptors (Lipinski definition) is 4. The van der Waals surface area contributed by atoms with Crippen molar-refractivity contribution in [2.75, 3.05) is 0 Å². The van der Waals surface area contributed by atoms with Gasteiger partial charge in [0, 0.05) is 11.1 Å². The first-order valence-corrected chi connectivity index (χ1v) is 11.7. The highest BCUT2D eigenvalue weighted by Crippen LogP contribution is 2.33. The molecule has 0 aliphatic carbocycles. The molecule has 1 aromatic heterocycles.